The Morgan fingerprint density at radius 3 is 2.54 bits per heavy atom. The third-order valence-corrected chi connectivity index (χ3v) is 6.33. The minimum absolute atomic E-state index is 0.00862. The van der Waals surface area contributed by atoms with E-state index in [4.69, 9.17) is 9.97 Å². The molecule has 0 radical (unpaired) electrons. The number of aromatic nitrogens is 2. The van der Waals surface area contributed by atoms with E-state index in [-0.39, 0.29) is 12.6 Å². The van der Waals surface area contributed by atoms with Crippen molar-refractivity contribution in [3.8, 4) is 0 Å². The summed E-state index contributed by atoms with van der Waals surface area (Å²) >= 11 is 0. The van der Waals surface area contributed by atoms with E-state index in [9.17, 15) is 5.11 Å². The molecule has 4 rings (SSSR count). The Bertz CT molecular complexity index is 765. The third-order valence-electron chi connectivity index (χ3n) is 6.33. The minimum Gasteiger partial charge on any atom is -0.394 e. The molecule has 1 aliphatic heterocycles. The molecule has 2 heterocycles. The molecule has 2 N–H and O–H groups in total. The van der Waals surface area contributed by atoms with Gasteiger partial charge < -0.3 is 15.3 Å². The molecule has 1 saturated carbocycles. The van der Waals surface area contributed by atoms with E-state index < -0.39 is 0 Å². The number of rotatable bonds is 6. The summed E-state index contributed by atoms with van der Waals surface area (Å²) in [5.41, 5.74) is 0.956. The second-order valence-corrected chi connectivity index (χ2v) is 8.14. The van der Waals surface area contributed by atoms with Crippen molar-refractivity contribution in [2.24, 2.45) is 0 Å². The largest absolute Gasteiger partial charge is 0.394 e. The minimum atomic E-state index is 0.00862. The number of hydrogen-bond donors (Lipinski definition) is 2. The van der Waals surface area contributed by atoms with E-state index in [1.807, 2.05) is 24.3 Å². The van der Waals surface area contributed by atoms with Crippen molar-refractivity contribution in [2.45, 2.75) is 57.5 Å². The molecule has 6 heteroatoms. The molecule has 6 nitrogen and oxygen atoms in total. The smallest absolute Gasteiger partial charge is 0.227 e. The van der Waals surface area contributed by atoms with Gasteiger partial charge >= 0.3 is 0 Å². The van der Waals surface area contributed by atoms with Crippen LogP contribution >= 0.6 is 0 Å². The van der Waals surface area contributed by atoms with E-state index in [2.05, 4.69) is 22.0 Å². The van der Waals surface area contributed by atoms with Crippen LogP contribution in [0.5, 0.6) is 0 Å². The first-order valence-electron chi connectivity index (χ1n) is 10.9. The van der Waals surface area contributed by atoms with Crippen LogP contribution < -0.4 is 10.2 Å². The standard InChI is InChI=1S/C22H33N5O/c1-2-17(16-28)23-21-19-10-6-7-11-20(19)24-22(25-21)27-14-12-26(13-15-27)18-8-4-3-5-9-18/h6-7,10-11,17-18,28H,2-5,8-9,12-16H2,1H3,(H,23,24,25). The lowest BCUT2D eigenvalue weighted by Gasteiger charge is -2.40. The Morgan fingerprint density at radius 1 is 1.07 bits per heavy atom. The second kappa shape index (κ2) is 9.05. The van der Waals surface area contributed by atoms with Gasteiger partial charge in [-0.3, -0.25) is 4.90 Å². The highest BCUT2D eigenvalue weighted by molar-refractivity contribution is 5.90. The van der Waals surface area contributed by atoms with Crippen LogP contribution in [0, 0.1) is 0 Å². The molecule has 2 aromatic rings. The van der Waals surface area contributed by atoms with Crippen molar-refractivity contribution in [3.05, 3.63) is 24.3 Å². The van der Waals surface area contributed by atoms with Gasteiger partial charge in [0.25, 0.3) is 0 Å². The quantitative estimate of drug-likeness (QED) is 0.798. The summed E-state index contributed by atoms with van der Waals surface area (Å²) in [4.78, 5) is 14.7. The molecule has 0 amide bonds. The number of para-hydroxylation sites is 1. The van der Waals surface area contributed by atoms with Gasteiger partial charge in [-0.05, 0) is 31.4 Å². The molecule has 28 heavy (non-hydrogen) atoms. The maximum absolute atomic E-state index is 9.61. The summed E-state index contributed by atoms with van der Waals surface area (Å²) < 4.78 is 0. The number of hydrogen-bond acceptors (Lipinski definition) is 6. The first-order valence-corrected chi connectivity index (χ1v) is 10.9. The molecule has 2 aliphatic rings. The number of nitrogens with one attached hydrogen (secondary N) is 1. The van der Waals surface area contributed by atoms with E-state index in [0.29, 0.717) is 0 Å². The third kappa shape index (κ3) is 4.23. The van der Waals surface area contributed by atoms with Crippen LogP contribution in [0.1, 0.15) is 45.4 Å². The Morgan fingerprint density at radius 2 is 1.82 bits per heavy atom. The lowest BCUT2D eigenvalue weighted by Crippen LogP contribution is -2.51. The van der Waals surface area contributed by atoms with Crippen LogP contribution in [-0.4, -0.2) is 64.8 Å². The molecule has 1 saturated heterocycles. The topological polar surface area (TPSA) is 64.5 Å². The Labute approximate surface area is 168 Å². The summed E-state index contributed by atoms with van der Waals surface area (Å²) in [6, 6.07) is 8.91. The van der Waals surface area contributed by atoms with E-state index in [1.54, 1.807) is 0 Å². The molecule has 1 unspecified atom stereocenters. The predicted molar refractivity (Wildman–Crippen MR) is 115 cm³/mol. The number of nitrogens with zero attached hydrogens (tertiary/aromatic N) is 4. The fourth-order valence-electron chi connectivity index (χ4n) is 4.52. The van der Waals surface area contributed by atoms with Crippen molar-refractivity contribution < 1.29 is 5.11 Å². The molecule has 2 fully saturated rings. The lowest BCUT2D eigenvalue weighted by molar-refractivity contribution is 0.147. The normalized spacial score (nSPS) is 20.4. The zero-order chi connectivity index (χ0) is 19.3. The second-order valence-electron chi connectivity index (χ2n) is 8.14. The van der Waals surface area contributed by atoms with Crippen molar-refractivity contribution in [3.63, 3.8) is 0 Å². The zero-order valence-corrected chi connectivity index (χ0v) is 17.0. The van der Waals surface area contributed by atoms with Gasteiger partial charge in [0.15, 0.2) is 0 Å². The van der Waals surface area contributed by atoms with Gasteiger partial charge in [0.05, 0.1) is 18.2 Å². The highest BCUT2D eigenvalue weighted by Crippen LogP contribution is 2.27. The number of piperazine rings is 1. The summed E-state index contributed by atoms with van der Waals surface area (Å²) in [6.45, 7) is 6.32. The Hall–Kier alpha value is -1.92. The van der Waals surface area contributed by atoms with Gasteiger partial charge in [-0.2, -0.15) is 4.98 Å². The van der Waals surface area contributed by atoms with E-state index >= 15 is 0 Å². The number of aliphatic hydroxyl groups excluding tert-OH is 1. The molecule has 152 valence electrons. The Kier molecular flexibility index (Phi) is 6.27. The average Bonchev–Trinajstić information content (AvgIpc) is 2.78. The SMILES string of the molecule is CCC(CO)Nc1nc(N2CCN(C3CCCCC3)CC2)nc2ccccc12. The number of anilines is 2. The first-order chi connectivity index (χ1) is 13.8. The Balaban J connectivity index is 1.52. The fourth-order valence-corrected chi connectivity index (χ4v) is 4.52. The van der Waals surface area contributed by atoms with Gasteiger partial charge in [0.1, 0.15) is 5.82 Å². The zero-order valence-electron chi connectivity index (χ0n) is 17.0. The van der Waals surface area contributed by atoms with Crippen molar-refractivity contribution in [1.82, 2.24) is 14.9 Å². The molecule has 1 atom stereocenters. The molecular formula is C22H33N5O. The van der Waals surface area contributed by atoms with Gasteiger partial charge in [-0.25, -0.2) is 4.98 Å². The maximum Gasteiger partial charge on any atom is 0.227 e. The summed E-state index contributed by atoms with van der Waals surface area (Å²) in [5, 5.41) is 14.0. The van der Waals surface area contributed by atoms with Gasteiger partial charge in [0, 0.05) is 37.6 Å². The number of benzene rings is 1. The lowest BCUT2D eigenvalue weighted by atomic mass is 9.94. The number of aliphatic hydroxyl groups is 1. The van der Waals surface area contributed by atoms with Crippen LogP contribution in [0.15, 0.2) is 24.3 Å². The highest BCUT2D eigenvalue weighted by atomic mass is 16.3. The summed E-state index contributed by atoms with van der Waals surface area (Å²) in [6.07, 6.45) is 7.75. The molecule has 1 aliphatic carbocycles. The highest BCUT2D eigenvalue weighted by Gasteiger charge is 2.26. The summed E-state index contributed by atoms with van der Waals surface area (Å²) in [5.74, 6) is 1.63. The van der Waals surface area contributed by atoms with Crippen LogP contribution in [0.3, 0.4) is 0 Å². The maximum atomic E-state index is 9.61. The van der Waals surface area contributed by atoms with Crippen molar-refractivity contribution in [2.75, 3.05) is 43.0 Å². The van der Waals surface area contributed by atoms with Crippen molar-refractivity contribution in [1.29, 1.82) is 0 Å². The van der Waals surface area contributed by atoms with Crippen LogP contribution in [0.25, 0.3) is 10.9 Å². The summed E-state index contributed by atoms with van der Waals surface area (Å²) in [7, 11) is 0. The van der Waals surface area contributed by atoms with Gasteiger partial charge in [-0.1, -0.05) is 38.3 Å². The fraction of sp³-hybridized carbons (Fsp3) is 0.636. The molecule has 0 bridgehead atoms. The molecule has 0 spiro atoms. The van der Waals surface area contributed by atoms with Crippen molar-refractivity contribution >= 4 is 22.7 Å². The molecule has 1 aromatic carbocycles. The van der Waals surface area contributed by atoms with Crippen LogP contribution in [0.4, 0.5) is 11.8 Å². The monoisotopic (exact) mass is 383 g/mol. The predicted octanol–water partition coefficient (Wildman–Crippen LogP) is 3.27. The first kappa shape index (κ1) is 19.4. The number of fused-ring (bicyclic) bond motifs is 1. The van der Waals surface area contributed by atoms with E-state index in [1.165, 1.54) is 32.1 Å². The molecule has 1 aromatic heterocycles. The van der Waals surface area contributed by atoms with E-state index in [0.717, 1.165) is 61.3 Å². The molecular weight excluding hydrogens is 350 g/mol. The van der Waals surface area contributed by atoms with Gasteiger partial charge in [-0.15, -0.1) is 0 Å². The van der Waals surface area contributed by atoms with Gasteiger partial charge in [0.2, 0.25) is 5.95 Å². The van der Waals surface area contributed by atoms with Crippen LogP contribution in [-0.2, 0) is 0 Å². The average molecular weight is 384 g/mol. The van der Waals surface area contributed by atoms with Crippen LogP contribution in [0.2, 0.25) is 0 Å².